The second-order valence-electron chi connectivity index (χ2n) is 6.20. The SMILES string of the molecule is CCC1CCC(O)(CNC(=O)c2cccc(C)c2Br)CC1. The molecule has 1 amide bonds. The number of aryl methyl sites for hydroxylation is 1. The van der Waals surface area contributed by atoms with Crippen LogP contribution >= 0.6 is 15.9 Å². The molecule has 1 aromatic rings. The van der Waals surface area contributed by atoms with Crippen molar-refractivity contribution < 1.29 is 9.90 Å². The lowest BCUT2D eigenvalue weighted by molar-refractivity contribution is -0.00787. The highest BCUT2D eigenvalue weighted by molar-refractivity contribution is 9.10. The van der Waals surface area contributed by atoms with Gasteiger partial charge in [-0.2, -0.15) is 0 Å². The Hall–Kier alpha value is -0.870. The molecular formula is C17H24BrNO2. The van der Waals surface area contributed by atoms with Crippen molar-refractivity contribution in [1.82, 2.24) is 5.32 Å². The van der Waals surface area contributed by atoms with Crippen LogP contribution in [0.15, 0.2) is 22.7 Å². The van der Waals surface area contributed by atoms with Crippen molar-refractivity contribution in [1.29, 1.82) is 0 Å². The van der Waals surface area contributed by atoms with Crippen LogP contribution in [-0.2, 0) is 0 Å². The molecule has 1 aliphatic carbocycles. The predicted octanol–water partition coefficient (Wildman–Crippen LogP) is 3.82. The summed E-state index contributed by atoms with van der Waals surface area (Å²) < 4.78 is 0.823. The molecule has 0 spiro atoms. The molecular weight excluding hydrogens is 330 g/mol. The van der Waals surface area contributed by atoms with Crippen molar-refractivity contribution in [3.8, 4) is 0 Å². The molecule has 1 aliphatic rings. The second-order valence-corrected chi connectivity index (χ2v) is 6.99. The minimum absolute atomic E-state index is 0.128. The summed E-state index contributed by atoms with van der Waals surface area (Å²) in [6, 6.07) is 5.63. The Morgan fingerprint density at radius 1 is 1.43 bits per heavy atom. The number of rotatable bonds is 4. The molecule has 21 heavy (non-hydrogen) atoms. The zero-order chi connectivity index (χ0) is 15.5. The van der Waals surface area contributed by atoms with Crippen LogP contribution in [0, 0.1) is 12.8 Å². The Bertz CT molecular complexity index is 508. The number of nitrogens with one attached hydrogen (secondary N) is 1. The lowest BCUT2D eigenvalue weighted by Crippen LogP contribution is -2.45. The fraction of sp³-hybridized carbons (Fsp3) is 0.588. The average Bonchev–Trinajstić information content (AvgIpc) is 2.49. The highest BCUT2D eigenvalue weighted by Crippen LogP contribution is 2.33. The van der Waals surface area contributed by atoms with Gasteiger partial charge in [0.15, 0.2) is 0 Å². The van der Waals surface area contributed by atoms with Gasteiger partial charge in [0.2, 0.25) is 0 Å². The maximum absolute atomic E-state index is 12.3. The van der Waals surface area contributed by atoms with Crippen LogP contribution in [0.2, 0.25) is 0 Å². The van der Waals surface area contributed by atoms with Gasteiger partial charge < -0.3 is 10.4 Å². The molecule has 0 radical (unpaired) electrons. The average molecular weight is 354 g/mol. The molecule has 1 saturated carbocycles. The molecule has 0 saturated heterocycles. The first kappa shape index (κ1) is 16.5. The van der Waals surface area contributed by atoms with Crippen molar-refractivity contribution in [2.24, 2.45) is 5.92 Å². The van der Waals surface area contributed by atoms with E-state index in [-0.39, 0.29) is 5.91 Å². The highest BCUT2D eigenvalue weighted by Gasteiger charge is 2.33. The van der Waals surface area contributed by atoms with E-state index in [4.69, 9.17) is 0 Å². The first-order valence-corrected chi connectivity index (χ1v) is 8.50. The van der Waals surface area contributed by atoms with Gasteiger partial charge in [-0.15, -0.1) is 0 Å². The predicted molar refractivity (Wildman–Crippen MR) is 88.4 cm³/mol. The quantitative estimate of drug-likeness (QED) is 0.864. The minimum Gasteiger partial charge on any atom is -0.388 e. The molecule has 0 bridgehead atoms. The summed E-state index contributed by atoms with van der Waals surface area (Å²) in [5.74, 6) is 0.600. The van der Waals surface area contributed by atoms with Gasteiger partial charge >= 0.3 is 0 Å². The number of carbonyl (C=O) groups is 1. The zero-order valence-corrected chi connectivity index (χ0v) is 14.4. The fourth-order valence-electron chi connectivity index (χ4n) is 2.96. The van der Waals surface area contributed by atoms with Crippen LogP contribution in [-0.4, -0.2) is 23.2 Å². The summed E-state index contributed by atoms with van der Waals surface area (Å²) in [6.07, 6.45) is 4.84. The standard InChI is InChI=1S/C17H24BrNO2/c1-3-13-7-9-17(21,10-8-13)11-19-16(20)14-6-4-5-12(2)15(14)18/h4-6,13,21H,3,7-11H2,1-2H3,(H,19,20). The number of halogens is 1. The Labute approximate surface area is 135 Å². The summed E-state index contributed by atoms with van der Waals surface area (Å²) in [6.45, 7) is 4.50. The summed E-state index contributed by atoms with van der Waals surface area (Å²) in [5, 5.41) is 13.5. The third-order valence-electron chi connectivity index (χ3n) is 4.63. The molecule has 0 unspecified atom stereocenters. The smallest absolute Gasteiger partial charge is 0.252 e. The molecule has 0 atom stereocenters. The van der Waals surface area contributed by atoms with Gasteiger partial charge in [-0.05, 0) is 66.1 Å². The third-order valence-corrected chi connectivity index (χ3v) is 5.68. The third kappa shape index (κ3) is 4.07. The van der Waals surface area contributed by atoms with Gasteiger partial charge in [0.1, 0.15) is 0 Å². The van der Waals surface area contributed by atoms with Gasteiger partial charge in [0, 0.05) is 11.0 Å². The van der Waals surface area contributed by atoms with Crippen molar-refractivity contribution in [3.63, 3.8) is 0 Å². The lowest BCUT2D eigenvalue weighted by atomic mass is 9.78. The summed E-state index contributed by atoms with van der Waals surface area (Å²) in [5.41, 5.74) is 0.920. The molecule has 0 aliphatic heterocycles. The molecule has 1 aromatic carbocycles. The number of amides is 1. The van der Waals surface area contributed by atoms with E-state index in [0.717, 1.165) is 41.6 Å². The van der Waals surface area contributed by atoms with Crippen LogP contribution in [0.25, 0.3) is 0 Å². The van der Waals surface area contributed by atoms with Gasteiger partial charge in [-0.1, -0.05) is 25.5 Å². The number of hydrogen-bond donors (Lipinski definition) is 2. The van der Waals surface area contributed by atoms with Crippen molar-refractivity contribution in [3.05, 3.63) is 33.8 Å². The molecule has 2 N–H and O–H groups in total. The largest absolute Gasteiger partial charge is 0.388 e. The Morgan fingerprint density at radius 2 is 2.10 bits per heavy atom. The Balaban J connectivity index is 1.94. The van der Waals surface area contributed by atoms with Crippen LogP contribution in [0.5, 0.6) is 0 Å². The topological polar surface area (TPSA) is 49.3 Å². The molecule has 0 heterocycles. The fourth-order valence-corrected chi connectivity index (χ4v) is 3.41. The van der Waals surface area contributed by atoms with E-state index < -0.39 is 5.60 Å². The second kappa shape index (κ2) is 6.93. The first-order chi connectivity index (χ1) is 9.95. The van der Waals surface area contributed by atoms with E-state index in [1.54, 1.807) is 6.07 Å². The van der Waals surface area contributed by atoms with Gasteiger partial charge in [0.05, 0.1) is 11.2 Å². The van der Waals surface area contributed by atoms with Crippen LogP contribution < -0.4 is 5.32 Å². The minimum atomic E-state index is -0.738. The normalized spacial score (nSPS) is 25.6. The number of hydrogen-bond acceptors (Lipinski definition) is 2. The van der Waals surface area contributed by atoms with E-state index in [9.17, 15) is 9.90 Å². The van der Waals surface area contributed by atoms with E-state index in [1.807, 2.05) is 19.1 Å². The van der Waals surface area contributed by atoms with E-state index >= 15 is 0 Å². The maximum Gasteiger partial charge on any atom is 0.252 e. The molecule has 116 valence electrons. The van der Waals surface area contributed by atoms with Crippen molar-refractivity contribution in [2.45, 2.75) is 51.6 Å². The maximum atomic E-state index is 12.3. The Kier molecular flexibility index (Phi) is 5.44. The lowest BCUT2D eigenvalue weighted by Gasteiger charge is -2.35. The van der Waals surface area contributed by atoms with Crippen LogP contribution in [0.4, 0.5) is 0 Å². The monoisotopic (exact) mass is 353 g/mol. The summed E-state index contributed by atoms with van der Waals surface area (Å²) >= 11 is 3.45. The van der Waals surface area contributed by atoms with Crippen LogP contribution in [0.3, 0.4) is 0 Å². The Morgan fingerprint density at radius 3 is 2.71 bits per heavy atom. The van der Waals surface area contributed by atoms with E-state index in [2.05, 4.69) is 28.2 Å². The molecule has 4 heteroatoms. The molecule has 3 nitrogen and oxygen atoms in total. The number of aliphatic hydroxyl groups is 1. The van der Waals surface area contributed by atoms with Gasteiger partial charge in [-0.25, -0.2) is 0 Å². The van der Waals surface area contributed by atoms with Crippen LogP contribution in [0.1, 0.15) is 54.9 Å². The number of carbonyl (C=O) groups excluding carboxylic acids is 1. The highest BCUT2D eigenvalue weighted by atomic mass is 79.9. The van der Waals surface area contributed by atoms with Gasteiger partial charge in [-0.3, -0.25) is 4.79 Å². The zero-order valence-electron chi connectivity index (χ0n) is 12.8. The molecule has 2 rings (SSSR count). The summed E-state index contributed by atoms with van der Waals surface area (Å²) in [4.78, 5) is 12.3. The molecule has 1 fully saturated rings. The molecule has 0 aromatic heterocycles. The van der Waals surface area contributed by atoms with E-state index in [1.165, 1.54) is 6.42 Å². The number of benzene rings is 1. The van der Waals surface area contributed by atoms with Crippen molar-refractivity contribution >= 4 is 21.8 Å². The first-order valence-electron chi connectivity index (χ1n) is 7.71. The van der Waals surface area contributed by atoms with E-state index in [0.29, 0.717) is 12.1 Å². The van der Waals surface area contributed by atoms with Crippen molar-refractivity contribution in [2.75, 3.05) is 6.54 Å². The summed E-state index contributed by atoms with van der Waals surface area (Å²) in [7, 11) is 0. The van der Waals surface area contributed by atoms with Gasteiger partial charge in [0.25, 0.3) is 5.91 Å².